The number of hydrogen-bond donors (Lipinski definition) is 2. The van der Waals surface area contributed by atoms with Crippen molar-refractivity contribution in [1.82, 2.24) is 4.98 Å². The third kappa shape index (κ3) is 2.40. The van der Waals surface area contributed by atoms with Gasteiger partial charge in [0.1, 0.15) is 0 Å². The zero-order chi connectivity index (χ0) is 14.1. The van der Waals surface area contributed by atoms with Crippen LogP contribution >= 0.6 is 0 Å². The van der Waals surface area contributed by atoms with Gasteiger partial charge in [-0.05, 0) is 24.8 Å². The van der Waals surface area contributed by atoms with Gasteiger partial charge in [0, 0.05) is 19.2 Å². The first-order valence-electron chi connectivity index (χ1n) is 7.34. The number of nitrogen functional groups attached to an aromatic ring is 1. The van der Waals surface area contributed by atoms with Gasteiger partial charge in [0.25, 0.3) is 0 Å². The number of hydrogen-bond acceptors (Lipinski definition) is 4. The van der Waals surface area contributed by atoms with Crippen molar-refractivity contribution in [2.24, 2.45) is 5.92 Å². The van der Waals surface area contributed by atoms with Crippen LogP contribution in [0.5, 0.6) is 0 Å². The summed E-state index contributed by atoms with van der Waals surface area (Å²) < 4.78 is 5.03. The molecular formula is C15H21N3O2. The molecular weight excluding hydrogens is 254 g/mol. The molecule has 0 bridgehead atoms. The number of oxazole rings is 1. The van der Waals surface area contributed by atoms with Gasteiger partial charge in [-0.3, -0.25) is 4.98 Å². The van der Waals surface area contributed by atoms with E-state index in [1.807, 2.05) is 6.07 Å². The number of nitrogens with two attached hydrogens (primary N) is 1. The molecule has 0 aliphatic carbocycles. The van der Waals surface area contributed by atoms with E-state index >= 15 is 0 Å². The van der Waals surface area contributed by atoms with E-state index in [0.717, 1.165) is 30.2 Å². The Balaban J connectivity index is 1.83. The van der Waals surface area contributed by atoms with Gasteiger partial charge in [0.15, 0.2) is 5.58 Å². The average Bonchev–Trinajstić information content (AvgIpc) is 2.78. The van der Waals surface area contributed by atoms with Gasteiger partial charge in [-0.15, -0.1) is 0 Å². The quantitative estimate of drug-likeness (QED) is 0.844. The van der Waals surface area contributed by atoms with Crippen LogP contribution in [0.2, 0.25) is 0 Å². The molecule has 1 aromatic carbocycles. The fraction of sp³-hybridized carbons (Fsp3) is 0.533. The number of fused-ring (bicyclic) bond motifs is 1. The van der Waals surface area contributed by atoms with Gasteiger partial charge in [-0.1, -0.05) is 19.8 Å². The molecule has 2 aromatic rings. The van der Waals surface area contributed by atoms with Crippen molar-refractivity contribution >= 4 is 22.5 Å². The maximum Gasteiger partial charge on any atom is 0.417 e. The smallest absolute Gasteiger partial charge is 0.408 e. The minimum atomic E-state index is -0.432. The minimum Gasteiger partial charge on any atom is -0.408 e. The predicted molar refractivity (Wildman–Crippen MR) is 81.1 cm³/mol. The van der Waals surface area contributed by atoms with E-state index in [9.17, 15) is 4.79 Å². The summed E-state index contributed by atoms with van der Waals surface area (Å²) in [4.78, 5) is 16.2. The zero-order valence-electron chi connectivity index (χ0n) is 11.8. The number of piperidine rings is 1. The van der Waals surface area contributed by atoms with Gasteiger partial charge in [0.05, 0.1) is 16.9 Å². The molecule has 1 fully saturated rings. The summed E-state index contributed by atoms with van der Waals surface area (Å²) in [7, 11) is 0. The first-order valence-corrected chi connectivity index (χ1v) is 7.34. The molecule has 0 atom stereocenters. The summed E-state index contributed by atoms with van der Waals surface area (Å²) in [6.07, 6.45) is 5.01. The van der Waals surface area contributed by atoms with Crippen molar-refractivity contribution in [1.29, 1.82) is 0 Å². The molecule has 0 amide bonds. The molecule has 0 radical (unpaired) electrons. The maximum atomic E-state index is 11.2. The Labute approximate surface area is 117 Å². The van der Waals surface area contributed by atoms with Crippen LogP contribution in [0, 0.1) is 5.92 Å². The number of aromatic amines is 1. The van der Waals surface area contributed by atoms with Crippen LogP contribution in [0.4, 0.5) is 11.4 Å². The largest absolute Gasteiger partial charge is 0.417 e. The number of H-pyrrole nitrogens is 1. The Kier molecular flexibility index (Phi) is 3.42. The van der Waals surface area contributed by atoms with Crippen LogP contribution < -0.4 is 16.4 Å². The van der Waals surface area contributed by atoms with Gasteiger partial charge in [0.2, 0.25) is 0 Å². The summed E-state index contributed by atoms with van der Waals surface area (Å²) in [5.74, 6) is 0.410. The van der Waals surface area contributed by atoms with Crippen molar-refractivity contribution in [2.75, 3.05) is 23.7 Å². The van der Waals surface area contributed by atoms with Crippen LogP contribution in [-0.4, -0.2) is 18.1 Å². The van der Waals surface area contributed by atoms with Crippen molar-refractivity contribution in [3.05, 3.63) is 22.7 Å². The van der Waals surface area contributed by atoms with E-state index in [1.165, 1.54) is 25.7 Å². The van der Waals surface area contributed by atoms with Crippen molar-refractivity contribution in [2.45, 2.75) is 32.6 Å². The number of benzene rings is 1. The first-order chi connectivity index (χ1) is 9.67. The van der Waals surface area contributed by atoms with Crippen LogP contribution in [0.15, 0.2) is 21.3 Å². The third-order valence-corrected chi connectivity index (χ3v) is 4.22. The molecule has 0 spiro atoms. The van der Waals surface area contributed by atoms with E-state index in [2.05, 4.69) is 16.8 Å². The number of nitrogens with one attached hydrogen (secondary N) is 1. The highest BCUT2D eigenvalue weighted by atomic mass is 16.4. The van der Waals surface area contributed by atoms with Gasteiger partial charge in [-0.25, -0.2) is 4.79 Å². The van der Waals surface area contributed by atoms with Crippen molar-refractivity contribution < 1.29 is 4.42 Å². The molecule has 20 heavy (non-hydrogen) atoms. The molecule has 3 rings (SSSR count). The first kappa shape index (κ1) is 13.1. The molecule has 5 heteroatoms. The number of aromatic nitrogens is 1. The number of nitrogens with zero attached hydrogens (tertiary/aromatic N) is 1. The Morgan fingerprint density at radius 1 is 1.40 bits per heavy atom. The van der Waals surface area contributed by atoms with Gasteiger partial charge in [-0.2, -0.15) is 0 Å². The lowest BCUT2D eigenvalue weighted by Gasteiger charge is -2.34. The lowest BCUT2D eigenvalue weighted by atomic mass is 9.92. The maximum absolute atomic E-state index is 11.2. The Morgan fingerprint density at radius 3 is 2.85 bits per heavy atom. The lowest BCUT2D eigenvalue weighted by molar-refractivity contribution is 0.378. The van der Waals surface area contributed by atoms with E-state index < -0.39 is 5.76 Å². The zero-order valence-corrected chi connectivity index (χ0v) is 11.8. The molecule has 0 unspecified atom stereocenters. The van der Waals surface area contributed by atoms with Crippen LogP contribution in [0.1, 0.15) is 32.6 Å². The van der Waals surface area contributed by atoms with E-state index in [0.29, 0.717) is 11.3 Å². The highest BCUT2D eigenvalue weighted by Crippen LogP contribution is 2.32. The summed E-state index contributed by atoms with van der Waals surface area (Å²) >= 11 is 0. The molecule has 3 N–H and O–H groups in total. The molecule has 0 saturated carbocycles. The highest BCUT2D eigenvalue weighted by molar-refractivity contribution is 5.85. The molecule has 5 nitrogen and oxygen atoms in total. The molecule has 1 aromatic heterocycles. The Morgan fingerprint density at radius 2 is 2.15 bits per heavy atom. The fourth-order valence-corrected chi connectivity index (χ4v) is 3.15. The summed E-state index contributed by atoms with van der Waals surface area (Å²) in [6.45, 7) is 4.30. The minimum absolute atomic E-state index is 0.432. The Bertz CT molecular complexity index is 651. The summed E-state index contributed by atoms with van der Waals surface area (Å²) in [6, 6.07) is 3.66. The second-order valence-corrected chi connectivity index (χ2v) is 5.64. The van der Waals surface area contributed by atoms with E-state index in [4.69, 9.17) is 10.2 Å². The molecule has 2 heterocycles. The highest BCUT2D eigenvalue weighted by Gasteiger charge is 2.20. The molecule has 1 saturated heterocycles. The lowest BCUT2D eigenvalue weighted by Crippen LogP contribution is -2.34. The van der Waals surface area contributed by atoms with Gasteiger partial charge >= 0.3 is 5.76 Å². The fourth-order valence-electron chi connectivity index (χ4n) is 3.15. The second kappa shape index (κ2) is 5.23. The standard InChI is InChI=1S/C15H21N3O2/c1-2-3-10-4-6-18(7-5-10)13-9-12-14(8-11(13)16)20-15(19)17-12/h8-10H,2-7,16H2,1H3,(H,17,19). The van der Waals surface area contributed by atoms with Crippen molar-refractivity contribution in [3.8, 4) is 0 Å². The Hall–Kier alpha value is -1.91. The summed E-state index contributed by atoms with van der Waals surface area (Å²) in [5.41, 5.74) is 9.02. The molecule has 1 aliphatic heterocycles. The average molecular weight is 275 g/mol. The van der Waals surface area contributed by atoms with Crippen molar-refractivity contribution in [3.63, 3.8) is 0 Å². The molecule has 108 valence electrons. The van der Waals surface area contributed by atoms with Crippen LogP contribution in [0.3, 0.4) is 0 Å². The number of rotatable bonds is 3. The third-order valence-electron chi connectivity index (χ3n) is 4.22. The van der Waals surface area contributed by atoms with Crippen LogP contribution in [0.25, 0.3) is 11.1 Å². The number of anilines is 2. The van der Waals surface area contributed by atoms with E-state index in [-0.39, 0.29) is 0 Å². The second-order valence-electron chi connectivity index (χ2n) is 5.64. The normalized spacial score (nSPS) is 16.9. The van der Waals surface area contributed by atoms with Gasteiger partial charge < -0.3 is 15.1 Å². The monoisotopic (exact) mass is 275 g/mol. The topological polar surface area (TPSA) is 75.3 Å². The van der Waals surface area contributed by atoms with Crippen LogP contribution in [-0.2, 0) is 0 Å². The SMILES string of the molecule is CCCC1CCN(c2cc3[nH]c(=O)oc3cc2N)CC1. The molecule has 1 aliphatic rings. The summed E-state index contributed by atoms with van der Waals surface area (Å²) in [5, 5.41) is 0. The van der Waals surface area contributed by atoms with E-state index in [1.54, 1.807) is 6.07 Å². The predicted octanol–water partition coefficient (Wildman–Crippen LogP) is 2.72.